The topological polar surface area (TPSA) is 118 Å². The van der Waals surface area contributed by atoms with Crippen LogP contribution in [0.25, 0.3) is 10.8 Å². The van der Waals surface area contributed by atoms with Crippen LogP contribution in [0, 0.1) is 12.8 Å². The monoisotopic (exact) mass is 500 g/mol. The number of alkyl halides is 1. The summed E-state index contributed by atoms with van der Waals surface area (Å²) in [6.45, 7) is 1.90. The zero-order chi connectivity index (χ0) is 23.8. The van der Waals surface area contributed by atoms with Gasteiger partial charge >= 0.3 is 0 Å². The molecule has 3 atom stereocenters. The summed E-state index contributed by atoms with van der Waals surface area (Å²) in [6, 6.07) is 2.70. The van der Waals surface area contributed by atoms with Crippen LogP contribution in [0.15, 0.2) is 35.5 Å². The highest BCUT2D eigenvalue weighted by Gasteiger charge is 2.81. The second kappa shape index (κ2) is 7.24. The lowest BCUT2D eigenvalue weighted by Gasteiger charge is -2.12. The molecule has 2 unspecified atom stereocenters. The molecule has 4 heterocycles. The Kier molecular flexibility index (Phi) is 4.48. The molecule has 13 heteroatoms. The Labute approximate surface area is 200 Å². The van der Waals surface area contributed by atoms with Gasteiger partial charge in [-0.3, -0.25) is 14.2 Å². The van der Waals surface area contributed by atoms with Crippen LogP contribution in [0.3, 0.4) is 0 Å². The number of anilines is 3. The first-order valence-corrected chi connectivity index (χ1v) is 11.7. The molecule has 0 aromatic carbocycles. The fourth-order valence-electron chi connectivity index (χ4n) is 4.02. The average molecular weight is 501 g/mol. The molecule has 1 amide bonds. The van der Waals surface area contributed by atoms with E-state index in [1.54, 1.807) is 19.3 Å². The molecule has 2 saturated carbocycles. The molecule has 34 heavy (non-hydrogen) atoms. The quantitative estimate of drug-likeness (QED) is 0.372. The lowest BCUT2D eigenvalue weighted by molar-refractivity contribution is 0.0937. The van der Waals surface area contributed by atoms with Gasteiger partial charge in [-0.1, -0.05) is 11.6 Å². The van der Waals surface area contributed by atoms with Gasteiger partial charge in [-0.25, -0.2) is 14.4 Å². The Bertz CT molecular complexity index is 1550. The Morgan fingerprint density at radius 2 is 2.15 bits per heavy atom. The predicted molar refractivity (Wildman–Crippen MR) is 126 cm³/mol. The molecule has 174 valence electrons. The van der Waals surface area contributed by atoms with Crippen LogP contribution in [0.5, 0.6) is 0 Å². The molecular formula is C21H18ClFN8O2S. The highest BCUT2D eigenvalue weighted by atomic mass is 35.5. The molecule has 3 N–H and O–H groups in total. The Morgan fingerprint density at radius 3 is 2.79 bits per heavy atom. The smallest absolute Gasteiger partial charge is 0.280 e. The van der Waals surface area contributed by atoms with Crippen LogP contribution < -0.4 is 21.5 Å². The van der Waals surface area contributed by atoms with Gasteiger partial charge in [0.1, 0.15) is 28.6 Å². The van der Waals surface area contributed by atoms with E-state index in [1.165, 1.54) is 38.9 Å². The van der Waals surface area contributed by atoms with Crippen LogP contribution in [0.4, 0.5) is 21.7 Å². The summed E-state index contributed by atoms with van der Waals surface area (Å²) >= 11 is 7.64. The second-order valence-corrected chi connectivity index (χ2v) is 10.0. The van der Waals surface area contributed by atoms with E-state index in [0.717, 1.165) is 4.88 Å². The number of hydrogen-bond acceptors (Lipinski definition) is 8. The van der Waals surface area contributed by atoms with Crippen molar-refractivity contribution in [2.75, 3.05) is 17.7 Å². The largest absolute Gasteiger partial charge is 0.373 e. The summed E-state index contributed by atoms with van der Waals surface area (Å²) in [5.41, 5.74) is -0.956. The maximum Gasteiger partial charge on any atom is 0.280 e. The number of fused-ring (bicyclic) bond motifs is 2. The number of amides is 1. The van der Waals surface area contributed by atoms with Crippen molar-refractivity contribution >= 4 is 51.8 Å². The number of carbonyl (C=O) groups excluding carboxylic acids is 1. The van der Waals surface area contributed by atoms with Crippen LogP contribution in [-0.4, -0.2) is 48.8 Å². The van der Waals surface area contributed by atoms with Gasteiger partial charge in [-0.2, -0.15) is 9.61 Å². The van der Waals surface area contributed by atoms with E-state index in [4.69, 9.17) is 11.6 Å². The van der Waals surface area contributed by atoms with E-state index < -0.39 is 17.6 Å². The average Bonchev–Trinajstić information content (AvgIpc) is 3.40. The van der Waals surface area contributed by atoms with Gasteiger partial charge in [0.2, 0.25) is 0 Å². The summed E-state index contributed by atoms with van der Waals surface area (Å²) in [7, 11) is 1.70. The normalized spacial score (nSPS) is 22.4. The van der Waals surface area contributed by atoms with E-state index in [0.29, 0.717) is 28.2 Å². The third kappa shape index (κ3) is 3.24. The molecule has 2 aliphatic rings. The zero-order valence-corrected chi connectivity index (χ0v) is 19.5. The van der Waals surface area contributed by atoms with Crippen molar-refractivity contribution in [1.82, 2.24) is 29.5 Å². The van der Waals surface area contributed by atoms with Gasteiger partial charge in [0.15, 0.2) is 10.8 Å². The van der Waals surface area contributed by atoms with Gasteiger partial charge in [0, 0.05) is 36.3 Å². The van der Waals surface area contributed by atoms with Gasteiger partial charge in [0.25, 0.3) is 11.5 Å². The predicted octanol–water partition coefficient (Wildman–Crippen LogP) is 2.92. The number of aromatic nitrogens is 5. The summed E-state index contributed by atoms with van der Waals surface area (Å²) < 4.78 is 16.8. The van der Waals surface area contributed by atoms with Gasteiger partial charge in [-0.15, -0.1) is 11.3 Å². The minimum atomic E-state index is -1.24. The number of nitrogens with zero attached hydrogens (tertiary/aromatic N) is 5. The molecule has 4 aromatic rings. The summed E-state index contributed by atoms with van der Waals surface area (Å²) in [5.74, 6) is 0.299. The highest BCUT2D eigenvalue weighted by molar-refractivity contribution is 7.14. The summed E-state index contributed by atoms with van der Waals surface area (Å²) in [4.78, 5) is 35.6. The van der Waals surface area contributed by atoms with E-state index in [-0.39, 0.29) is 28.4 Å². The molecule has 0 aliphatic heterocycles. The van der Waals surface area contributed by atoms with Crippen molar-refractivity contribution in [2.45, 2.75) is 25.1 Å². The van der Waals surface area contributed by atoms with E-state index in [2.05, 4.69) is 31.0 Å². The van der Waals surface area contributed by atoms with E-state index in [1.807, 2.05) is 6.92 Å². The van der Waals surface area contributed by atoms with Crippen molar-refractivity contribution in [3.63, 3.8) is 0 Å². The molecule has 6 rings (SSSR count). The van der Waals surface area contributed by atoms with Crippen molar-refractivity contribution < 1.29 is 9.18 Å². The van der Waals surface area contributed by atoms with Gasteiger partial charge in [0.05, 0.1) is 17.3 Å². The van der Waals surface area contributed by atoms with Crippen LogP contribution in [0.2, 0.25) is 5.02 Å². The van der Waals surface area contributed by atoms with Crippen LogP contribution in [-0.2, 0) is 0 Å². The molecule has 0 saturated heterocycles. The number of halogens is 2. The third-order valence-electron chi connectivity index (χ3n) is 6.12. The highest BCUT2D eigenvalue weighted by Crippen LogP contribution is 2.69. The minimum Gasteiger partial charge on any atom is -0.373 e. The molecule has 2 fully saturated rings. The van der Waals surface area contributed by atoms with Crippen molar-refractivity contribution in [2.24, 2.45) is 5.92 Å². The third-order valence-corrected chi connectivity index (χ3v) is 7.24. The molecule has 4 aromatic heterocycles. The number of hydrogen-bond donors (Lipinski definition) is 3. The molecule has 0 spiro atoms. The number of pyridine rings is 1. The first kappa shape index (κ1) is 21.1. The fourth-order valence-corrected chi connectivity index (χ4v) is 4.96. The zero-order valence-electron chi connectivity index (χ0n) is 18.0. The van der Waals surface area contributed by atoms with Crippen LogP contribution in [0.1, 0.15) is 21.7 Å². The lowest BCUT2D eigenvalue weighted by Crippen LogP contribution is -2.32. The summed E-state index contributed by atoms with van der Waals surface area (Å²) in [6.07, 6.45) is 5.07. The second-order valence-electron chi connectivity index (χ2n) is 8.38. The number of nitrogens with one attached hydrogen (secondary N) is 3. The lowest BCUT2D eigenvalue weighted by atomic mass is 10.2. The molecule has 0 radical (unpaired) electrons. The maximum atomic E-state index is 14.0. The first-order chi connectivity index (χ1) is 16.3. The van der Waals surface area contributed by atoms with Gasteiger partial charge < -0.3 is 16.0 Å². The van der Waals surface area contributed by atoms with Crippen LogP contribution >= 0.6 is 22.9 Å². The van der Waals surface area contributed by atoms with Crippen molar-refractivity contribution in [1.29, 1.82) is 0 Å². The minimum absolute atomic E-state index is 0.0806. The van der Waals surface area contributed by atoms with E-state index >= 15 is 0 Å². The SMILES string of the molecule is CNc1cc(Nc2cc(Cl)cn(-c3ncc(C)s3)c2=O)nc2c(C(=O)N[C@H]3C4CC43F)cnn12. The Hall–Kier alpha value is -3.51. The molecule has 2 aliphatic carbocycles. The van der Waals surface area contributed by atoms with Crippen molar-refractivity contribution in [3.05, 3.63) is 56.5 Å². The molecule has 10 nitrogen and oxygen atoms in total. The molecule has 0 bridgehead atoms. The number of thiazole rings is 1. The number of rotatable bonds is 6. The first-order valence-electron chi connectivity index (χ1n) is 10.5. The summed E-state index contributed by atoms with van der Waals surface area (Å²) in [5, 5.41) is 13.8. The fraction of sp³-hybridized carbons (Fsp3) is 0.286. The van der Waals surface area contributed by atoms with Gasteiger partial charge in [-0.05, 0) is 19.4 Å². The van der Waals surface area contributed by atoms with E-state index in [9.17, 15) is 14.0 Å². The Morgan fingerprint density at radius 1 is 1.35 bits per heavy atom. The molecular weight excluding hydrogens is 483 g/mol. The number of carbonyl (C=O) groups is 1. The Balaban J connectivity index is 1.37. The van der Waals surface area contributed by atoms with Crippen molar-refractivity contribution in [3.8, 4) is 5.13 Å². The number of aryl methyl sites for hydroxylation is 1. The standard InChI is InChI=1S/C21H18ClFN8O2S/c1-9-6-25-20(34-9)30-8-10(22)3-13(19(30)33)27-14-4-15(24-2)31-17(28-14)11(7-26-31)18(32)29-16-12-5-21(12,16)23/h3-4,6-8,12,16,24H,5H2,1-2H3,(H,27,28)(H,29,32)/t12?,16-,21?/m0/s1. The maximum absolute atomic E-state index is 14.0.